The molecule has 3 N–H and O–H groups in total. The molecule has 9 heteroatoms. The lowest BCUT2D eigenvalue weighted by Crippen LogP contribution is -2.38. The fraction of sp³-hybridized carbons (Fsp3) is 0.316. The first-order valence-electron chi connectivity index (χ1n) is 8.81. The molecule has 1 fully saturated rings. The highest BCUT2D eigenvalue weighted by atomic mass is 35.5. The zero-order valence-electron chi connectivity index (χ0n) is 14.9. The molecule has 1 aliphatic rings. The normalized spacial score (nSPS) is 19.8. The molecule has 2 aromatic carbocycles. The van der Waals surface area contributed by atoms with Crippen molar-refractivity contribution in [2.75, 3.05) is 4.72 Å². The zero-order chi connectivity index (χ0) is 20.3. The van der Waals surface area contributed by atoms with Crippen LogP contribution in [0.2, 0.25) is 10.0 Å². The van der Waals surface area contributed by atoms with Crippen molar-refractivity contribution < 1.29 is 18.3 Å². The molecular formula is C19H20Cl2N2O4S. The minimum absolute atomic E-state index is 0.00690. The van der Waals surface area contributed by atoms with E-state index in [1.807, 2.05) is 0 Å². The Hall–Kier alpha value is -1.80. The molecular weight excluding hydrogens is 423 g/mol. The summed E-state index contributed by atoms with van der Waals surface area (Å²) in [6.45, 7) is 0. The maximum absolute atomic E-state index is 12.6. The van der Waals surface area contributed by atoms with Crippen LogP contribution in [-0.4, -0.2) is 31.6 Å². The van der Waals surface area contributed by atoms with Crippen molar-refractivity contribution in [3.05, 3.63) is 58.1 Å². The smallest absolute Gasteiger partial charge is 0.261 e. The standard InChI is InChI=1S/C19H20Cl2N2O4S/c20-17-9-8-16(11-18(17)21)28(26,27)23-14-3-1-2-12(10-14)19(25)22-13-4-6-15(24)7-5-13/h1-3,8-11,13,15,23-24H,4-7H2,(H,22,25). The summed E-state index contributed by atoms with van der Waals surface area (Å²) in [5, 5.41) is 12.9. The Labute approximate surface area is 173 Å². The van der Waals surface area contributed by atoms with Crippen molar-refractivity contribution in [2.24, 2.45) is 0 Å². The Morgan fingerprint density at radius 3 is 2.39 bits per heavy atom. The molecule has 6 nitrogen and oxygen atoms in total. The number of aliphatic hydroxyl groups excluding tert-OH is 1. The highest BCUT2D eigenvalue weighted by Crippen LogP contribution is 2.26. The lowest BCUT2D eigenvalue weighted by atomic mass is 9.93. The van der Waals surface area contributed by atoms with Gasteiger partial charge in [0.05, 0.1) is 21.0 Å². The summed E-state index contributed by atoms with van der Waals surface area (Å²) >= 11 is 11.7. The molecule has 3 rings (SSSR count). The first-order valence-corrected chi connectivity index (χ1v) is 11.1. The average Bonchev–Trinajstić information content (AvgIpc) is 2.65. The Balaban J connectivity index is 1.72. The molecule has 0 bridgehead atoms. The predicted molar refractivity (Wildman–Crippen MR) is 109 cm³/mol. The second kappa shape index (κ2) is 8.69. The second-order valence-electron chi connectivity index (χ2n) is 6.74. The fourth-order valence-electron chi connectivity index (χ4n) is 3.07. The molecule has 1 aliphatic carbocycles. The number of hydrogen-bond acceptors (Lipinski definition) is 4. The molecule has 0 radical (unpaired) electrons. The number of carbonyl (C=O) groups is 1. The average molecular weight is 443 g/mol. The largest absolute Gasteiger partial charge is 0.393 e. The highest BCUT2D eigenvalue weighted by Gasteiger charge is 2.22. The molecule has 0 atom stereocenters. The third kappa shape index (κ3) is 5.17. The van der Waals surface area contributed by atoms with Crippen molar-refractivity contribution in [2.45, 2.75) is 42.7 Å². The van der Waals surface area contributed by atoms with Crippen molar-refractivity contribution in [3.63, 3.8) is 0 Å². The van der Waals surface area contributed by atoms with E-state index in [9.17, 15) is 18.3 Å². The van der Waals surface area contributed by atoms with Gasteiger partial charge in [-0.2, -0.15) is 0 Å². The number of carbonyl (C=O) groups excluding carboxylic acids is 1. The van der Waals surface area contributed by atoms with E-state index in [4.69, 9.17) is 23.2 Å². The molecule has 0 spiro atoms. The van der Waals surface area contributed by atoms with Gasteiger partial charge in [-0.05, 0) is 62.1 Å². The van der Waals surface area contributed by atoms with Crippen molar-refractivity contribution in [1.29, 1.82) is 0 Å². The van der Waals surface area contributed by atoms with Gasteiger partial charge in [-0.15, -0.1) is 0 Å². The maximum Gasteiger partial charge on any atom is 0.261 e. The molecule has 2 aromatic rings. The first-order chi connectivity index (χ1) is 13.2. The van der Waals surface area contributed by atoms with Crippen LogP contribution in [0.15, 0.2) is 47.4 Å². The van der Waals surface area contributed by atoms with Crippen LogP contribution in [0.3, 0.4) is 0 Å². The number of hydrogen-bond donors (Lipinski definition) is 3. The summed E-state index contributed by atoms with van der Waals surface area (Å²) < 4.78 is 27.6. The van der Waals surface area contributed by atoms with Gasteiger partial charge in [-0.1, -0.05) is 29.3 Å². The Bertz CT molecular complexity index is 974. The number of benzene rings is 2. The van der Waals surface area contributed by atoms with E-state index in [0.29, 0.717) is 18.4 Å². The third-order valence-electron chi connectivity index (χ3n) is 4.61. The van der Waals surface area contributed by atoms with Crippen LogP contribution in [0.1, 0.15) is 36.0 Å². The molecule has 0 unspecified atom stereocenters. The zero-order valence-corrected chi connectivity index (χ0v) is 17.2. The van der Waals surface area contributed by atoms with Crippen LogP contribution >= 0.6 is 23.2 Å². The number of halogens is 2. The Morgan fingerprint density at radius 1 is 1.00 bits per heavy atom. The molecule has 150 valence electrons. The topological polar surface area (TPSA) is 95.5 Å². The van der Waals surface area contributed by atoms with E-state index in [1.54, 1.807) is 18.2 Å². The van der Waals surface area contributed by atoms with Gasteiger partial charge in [-0.3, -0.25) is 9.52 Å². The summed E-state index contributed by atoms with van der Waals surface area (Å²) in [6, 6.07) is 10.3. The van der Waals surface area contributed by atoms with Gasteiger partial charge in [0.15, 0.2) is 0 Å². The van der Waals surface area contributed by atoms with E-state index in [-0.39, 0.29) is 38.7 Å². The van der Waals surface area contributed by atoms with E-state index in [0.717, 1.165) is 12.8 Å². The number of rotatable bonds is 5. The first kappa shape index (κ1) is 20.9. The molecule has 0 aliphatic heterocycles. The molecule has 0 saturated heterocycles. The van der Waals surface area contributed by atoms with E-state index < -0.39 is 10.0 Å². The minimum Gasteiger partial charge on any atom is -0.393 e. The number of nitrogens with one attached hydrogen (secondary N) is 2. The lowest BCUT2D eigenvalue weighted by Gasteiger charge is -2.26. The Kier molecular flexibility index (Phi) is 6.50. The van der Waals surface area contributed by atoms with Gasteiger partial charge >= 0.3 is 0 Å². The summed E-state index contributed by atoms with van der Waals surface area (Å²) in [6.07, 6.45) is 2.46. The molecule has 1 amide bonds. The Morgan fingerprint density at radius 2 is 1.71 bits per heavy atom. The highest BCUT2D eigenvalue weighted by molar-refractivity contribution is 7.92. The van der Waals surface area contributed by atoms with Gasteiger partial charge in [0.2, 0.25) is 0 Å². The third-order valence-corrected chi connectivity index (χ3v) is 6.73. The summed E-state index contributed by atoms with van der Waals surface area (Å²) in [4.78, 5) is 12.5. The molecule has 0 aromatic heterocycles. The van der Waals surface area contributed by atoms with Crippen molar-refractivity contribution >= 4 is 44.8 Å². The van der Waals surface area contributed by atoms with Crippen LogP contribution < -0.4 is 10.0 Å². The summed E-state index contributed by atoms with van der Waals surface area (Å²) in [7, 11) is -3.88. The van der Waals surface area contributed by atoms with Crippen LogP contribution in [0.5, 0.6) is 0 Å². The van der Waals surface area contributed by atoms with Crippen LogP contribution in [0.4, 0.5) is 5.69 Å². The number of anilines is 1. The lowest BCUT2D eigenvalue weighted by molar-refractivity contribution is 0.0867. The van der Waals surface area contributed by atoms with Crippen molar-refractivity contribution in [1.82, 2.24) is 5.32 Å². The molecule has 28 heavy (non-hydrogen) atoms. The quantitative estimate of drug-likeness (QED) is 0.655. The number of sulfonamides is 1. The monoisotopic (exact) mass is 442 g/mol. The SMILES string of the molecule is O=C(NC1CCC(O)CC1)c1cccc(NS(=O)(=O)c2ccc(Cl)c(Cl)c2)c1. The number of amides is 1. The van der Waals surface area contributed by atoms with Crippen LogP contribution in [0.25, 0.3) is 0 Å². The van der Waals surface area contributed by atoms with Gasteiger partial charge in [0.1, 0.15) is 0 Å². The maximum atomic E-state index is 12.6. The molecule has 0 heterocycles. The van der Waals surface area contributed by atoms with Gasteiger partial charge in [0.25, 0.3) is 15.9 Å². The predicted octanol–water partition coefficient (Wildman–Crippen LogP) is 3.83. The van der Waals surface area contributed by atoms with Gasteiger partial charge < -0.3 is 10.4 Å². The van der Waals surface area contributed by atoms with Crippen LogP contribution in [-0.2, 0) is 10.0 Å². The van der Waals surface area contributed by atoms with E-state index in [1.165, 1.54) is 24.3 Å². The summed E-state index contributed by atoms with van der Waals surface area (Å²) in [5.74, 6) is -0.281. The van der Waals surface area contributed by atoms with Gasteiger partial charge in [0, 0.05) is 17.3 Å². The van der Waals surface area contributed by atoms with Crippen molar-refractivity contribution in [3.8, 4) is 0 Å². The summed E-state index contributed by atoms with van der Waals surface area (Å²) in [5.41, 5.74) is 0.609. The van der Waals surface area contributed by atoms with Gasteiger partial charge in [-0.25, -0.2) is 8.42 Å². The van der Waals surface area contributed by atoms with E-state index >= 15 is 0 Å². The second-order valence-corrected chi connectivity index (χ2v) is 9.24. The number of aliphatic hydroxyl groups is 1. The minimum atomic E-state index is -3.88. The molecule has 1 saturated carbocycles. The fourth-order valence-corrected chi connectivity index (χ4v) is 4.51. The van der Waals surface area contributed by atoms with Crippen LogP contribution in [0, 0.1) is 0 Å². The van der Waals surface area contributed by atoms with E-state index in [2.05, 4.69) is 10.0 Å².